The van der Waals surface area contributed by atoms with Crippen molar-refractivity contribution >= 4 is 0 Å². The quantitative estimate of drug-likeness (QED) is 0.594. The van der Waals surface area contributed by atoms with Crippen molar-refractivity contribution in [1.29, 1.82) is 0 Å². The van der Waals surface area contributed by atoms with Crippen LogP contribution in [0.25, 0.3) is 0 Å². The van der Waals surface area contributed by atoms with Gasteiger partial charge in [0.1, 0.15) is 18.1 Å². The number of benzene rings is 3. The smallest absolute Gasteiger partial charge is 0.120 e. The van der Waals surface area contributed by atoms with Crippen molar-refractivity contribution in [2.75, 3.05) is 13.7 Å². The second kappa shape index (κ2) is 8.71. The van der Waals surface area contributed by atoms with Crippen molar-refractivity contribution in [1.82, 2.24) is 5.32 Å². The van der Waals surface area contributed by atoms with E-state index in [1.54, 1.807) is 7.11 Å². The predicted octanol–water partition coefficient (Wildman–Crippen LogP) is 5.63. The number of hydrogen-bond acceptors (Lipinski definition) is 3. The van der Waals surface area contributed by atoms with Crippen LogP contribution in [0.4, 0.5) is 0 Å². The van der Waals surface area contributed by atoms with Crippen molar-refractivity contribution in [2.45, 2.75) is 38.8 Å². The van der Waals surface area contributed by atoms with Crippen LogP contribution in [0.5, 0.6) is 11.5 Å². The summed E-state index contributed by atoms with van der Waals surface area (Å²) in [5, 5.41) is 3.72. The molecule has 3 nitrogen and oxygen atoms in total. The Balaban J connectivity index is 1.60. The zero-order valence-electron chi connectivity index (χ0n) is 17.4. The molecule has 0 fully saturated rings. The Bertz CT molecular complexity index is 966. The molecule has 1 atom stereocenters. The Labute approximate surface area is 173 Å². The van der Waals surface area contributed by atoms with Crippen LogP contribution in [-0.2, 0) is 13.0 Å². The lowest BCUT2D eigenvalue weighted by molar-refractivity contribution is 0.305. The normalized spacial score (nSPS) is 15.8. The second-order valence-electron chi connectivity index (χ2n) is 7.92. The third-order valence-electron chi connectivity index (χ3n) is 5.64. The molecule has 1 heterocycles. The number of ether oxygens (including phenoxy) is 2. The molecule has 29 heavy (non-hydrogen) atoms. The predicted molar refractivity (Wildman–Crippen MR) is 118 cm³/mol. The fraction of sp³-hybridized carbons (Fsp3) is 0.308. The molecule has 0 aromatic heterocycles. The van der Waals surface area contributed by atoms with Crippen LogP contribution in [0.15, 0.2) is 66.7 Å². The Morgan fingerprint density at radius 3 is 2.45 bits per heavy atom. The Hall–Kier alpha value is -2.78. The second-order valence-corrected chi connectivity index (χ2v) is 7.92. The van der Waals surface area contributed by atoms with Crippen molar-refractivity contribution in [2.24, 2.45) is 0 Å². The molecule has 1 N–H and O–H groups in total. The molecule has 0 saturated carbocycles. The van der Waals surface area contributed by atoms with Gasteiger partial charge in [0.05, 0.1) is 13.2 Å². The maximum Gasteiger partial charge on any atom is 0.120 e. The van der Waals surface area contributed by atoms with Crippen LogP contribution in [0, 0.1) is 0 Å². The summed E-state index contributed by atoms with van der Waals surface area (Å²) in [6.07, 6.45) is 1.02. The third-order valence-corrected chi connectivity index (χ3v) is 5.64. The topological polar surface area (TPSA) is 30.5 Å². The van der Waals surface area contributed by atoms with E-state index in [9.17, 15) is 0 Å². The maximum absolute atomic E-state index is 6.05. The molecule has 3 heteroatoms. The monoisotopic (exact) mass is 387 g/mol. The van der Waals surface area contributed by atoms with Crippen molar-refractivity contribution in [3.63, 3.8) is 0 Å². The summed E-state index contributed by atoms with van der Waals surface area (Å²) in [6, 6.07) is 23.5. The van der Waals surface area contributed by atoms with Gasteiger partial charge in [-0.3, -0.25) is 0 Å². The molecule has 1 unspecified atom stereocenters. The van der Waals surface area contributed by atoms with Crippen LogP contribution < -0.4 is 14.8 Å². The molecule has 0 bridgehead atoms. The van der Waals surface area contributed by atoms with E-state index >= 15 is 0 Å². The van der Waals surface area contributed by atoms with E-state index in [1.165, 1.54) is 27.8 Å². The van der Waals surface area contributed by atoms with E-state index in [4.69, 9.17) is 9.47 Å². The Kier molecular flexibility index (Phi) is 5.86. The molecule has 3 aromatic carbocycles. The number of nitrogens with one attached hydrogen (secondary N) is 1. The van der Waals surface area contributed by atoms with Gasteiger partial charge < -0.3 is 14.8 Å². The Morgan fingerprint density at radius 1 is 0.931 bits per heavy atom. The first kappa shape index (κ1) is 19.5. The Morgan fingerprint density at radius 2 is 1.69 bits per heavy atom. The van der Waals surface area contributed by atoms with Crippen molar-refractivity contribution in [3.05, 3.63) is 94.5 Å². The fourth-order valence-corrected chi connectivity index (χ4v) is 4.09. The first-order valence-corrected chi connectivity index (χ1v) is 10.4. The van der Waals surface area contributed by atoms with Crippen LogP contribution >= 0.6 is 0 Å². The van der Waals surface area contributed by atoms with Gasteiger partial charge in [0.2, 0.25) is 0 Å². The van der Waals surface area contributed by atoms with Gasteiger partial charge in [-0.1, -0.05) is 56.3 Å². The average Bonchev–Trinajstić information content (AvgIpc) is 2.77. The molecule has 0 amide bonds. The van der Waals surface area contributed by atoms with E-state index in [1.807, 2.05) is 18.2 Å². The highest BCUT2D eigenvalue weighted by atomic mass is 16.5. The van der Waals surface area contributed by atoms with Gasteiger partial charge in [-0.05, 0) is 64.4 Å². The SMILES string of the molecule is COc1ccc(C2NCCc3cc(OCc4ccccc4)ccc32)c(C(C)C)c1. The van der Waals surface area contributed by atoms with Crippen LogP contribution in [0.2, 0.25) is 0 Å². The van der Waals surface area contributed by atoms with Crippen molar-refractivity contribution in [3.8, 4) is 11.5 Å². The number of fused-ring (bicyclic) bond motifs is 1. The highest BCUT2D eigenvalue weighted by Gasteiger charge is 2.25. The molecule has 1 aliphatic heterocycles. The lowest BCUT2D eigenvalue weighted by Crippen LogP contribution is -2.31. The van der Waals surface area contributed by atoms with Gasteiger partial charge in [-0.15, -0.1) is 0 Å². The van der Waals surface area contributed by atoms with Crippen molar-refractivity contribution < 1.29 is 9.47 Å². The highest BCUT2D eigenvalue weighted by Crippen LogP contribution is 2.36. The van der Waals surface area contributed by atoms with Gasteiger partial charge in [-0.25, -0.2) is 0 Å². The number of methoxy groups -OCH3 is 1. The van der Waals surface area contributed by atoms with Crippen LogP contribution in [0.1, 0.15) is 53.6 Å². The maximum atomic E-state index is 6.05. The summed E-state index contributed by atoms with van der Waals surface area (Å²) in [7, 11) is 1.73. The van der Waals surface area contributed by atoms with E-state index in [0.29, 0.717) is 12.5 Å². The van der Waals surface area contributed by atoms with Crippen LogP contribution in [-0.4, -0.2) is 13.7 Å². The summed E-state index contributed by atoms with van der Waals surface area (Å²) in [4.78, 5) is 0. The summed E-state index contributed by atoms with van der Waals surface area (Å²) in [6.45, 7) is 6.03. The zero-order chi connectivity index (χ0) is 20.2. The molecule has 0 saturated heterocycles. The minimum absolute atomic E-state index is 0.199. The number of hydrogen-bond donors (Lipinski definition) is 1. The molecular formula is C26H29NO2. The zero-order valence-corrected chi connectivity index (χ0v) is 17.4. The molecule has 1 aliphatic rings. The standard InChI is InChI=1S/C26H29NO2/c1-18(2)25-16-21(28-3)9-12-24(25)26-23-11-10-22(15-20(23)13-14-27-26)29-17-19-7-5-4-6-8-19/h4-12,15-16,18,26-27H,13-14,17H2,1-3H3. The lowest BCUT2D eigenvalue weighted by Gasteiger charge is -2.30. The molecule has 3 aromatic rings. The van der Waals surface area contributed by atoms with E-state index in [0.717, 1.165) is 24.5 Å². The van der Waals surface area contributed by atoms with Gasteiger partial charge in [0.25, 0.3) is 0 Å². The molecule has 0 radical (unpaired) electrons. The summed E-state index contributed by atoms with van der Waals surface area (Å²) in [5.74, 6) is 2.28. The molecule has 4 rings (SSSR count). The highest BCUT2D eigenvalue weighted by molar-refractivity contribution is 5.48. The van der Waals surface area contributed by atoms with E-state index in [-0.39, 0.29) is 6.04 Å². The van der Waals surface area contributed by atoms with Gasteiger partial charge in [0.15, 0.2) is 0 Å². The first-order valence-electron chi connectivity index (χ1n) is 10.4. The molecule has 150 valence electrons. The molecule has 0 aliphatic carbocycles. The third kappa shape index (κ3) is 4.30. The summed E-state index contributed by atoms with van der Waals surface area (Å²) < 4.78 is 11.5. The summed E-state index contributed by atoms with van der Waals surface area (Å²) in [5.41, 5.74) is 6.56. The molecular weight excluding hydrogens is 358 g/mol. The molecule has 0 spiro atoms. The van der Waals surface area contributed by atoms with Crippen LogP contribution in [0.3, 0.4) is 0 Å². The lowest BCUT2D eigenvalue weighted by atomic mass is 9.85. The van der Waals surface area contributed by atoms with Gasteiger partial charge in [0, 0.05) is 6.54 Å². The minimum atomic E-state index is 0.199. The number of rotatable bonds is 6. The summed E-state index contributed by atoms with van der Waals surface area (Å²) >= 11 is 0. The fourth-order valence-electron chi connectivity index (χ4n) is 4.09. The van der Waals surface area contributed by atoms with Gasteiger partial charge >= 0.3 is 0 Å². The first-order chi connectivity index (χ1) is 14.2. The average molecular weight is 388 g/mol. The largest absolute Gasteiger partial charge is 0.497 e. The van der Waals surface area contributed by atoms with E-state index in [2.05, 4.69) is 67.7 Å². The van der Waals surface area contributed by atoms with E-state index < -0.39 is 0 Å². The minimum Gasteiger partial charge on any atom is -0.497 e. The van der Waals surface area contributed by atoms with Gasteiger partial charge in [-0.2, -0.15) is 0 Å².